The number of nitrogens with one attached hydrogen (secondary N) is 1. The van der Waals surface area contributed by atoms with Crippen molar-refractivity contribution >= 4 is 23.0 Å². The topological polar surface area (TPSA) is 58.4 Å². The number of benzene rings is 2. The molecule has 0 aliphatic carbocycles. The number of hydrogen-bond acceptors (Lipinski definition) is 3. The molecule has 0 spiro atoms. The van der Waals surface area contributed by atoms with Gasteiger partial charge in [0, 0.05) is 23.6 Å². The van der Waals surface area contributed by atoms with Crippen molar-refractivity contribution < 1.29 is 4.79 Å². The smallest absolute Gasteiger partial charge is 0.246 e. The summed E-state index contributed by atoms with van der Waals surface area (Å²) in [6.07, 6.45) is 0.995. The number of nitrogen functional groups attached to an aromatic ring is 1. The Morgan fingerprint density at radius 2 is 2.05 bits per heavy atom. The minimum Gasteiger partial charge on any atom is -0.399 e. The molecule has 3 N–H and O–H groups in total. The molecule has 1 aliphatic heterocycles. The van der Waals surface area contributed by atoms with E-state index >= 15 is 0 Å². The van der Waals surface area contributed by atoms with Crippen LogP contribution in [0.2, 0.25) is 0 Å². The fourth-order valence-electron chi connectivity index (χ4n) is 2.97. The Morgan fingerprint density at radius 1 is 1.27 bits per heavy atom. The molecule has 0 bridgehead atoms. The fraction of sp³-hybridized carbons (Fsp3) is 0.278. The molecule has 1 amide bonds. The number of rotatable bonds is 3. The molecule has 4 nitrogen and oxygen atoms in total. The summed E-state index contributed by atoms with van der Waals surface area (Å²) in [5.74, 6) is 0.00424. The van der Waals surface area contributed by atoms with E-state index in [1.807, 2.05) is 38.1 Å². The molecule has 1 aliphatic rings. The highest BCUT2D eigenvalue weighted by molar-refractivity contribution is 5.97. The zero-order valence-corrected chi connectivity index (χ0v) is 13.0. The van der Waals surface area contributed by atoms with Crippen LogP contribution in [-0.2, 0) is 11.2 Å². The van der Waals surface area contributed by atoms with E-state index in [-0.39, 0.29) is 11.9 Å². The summed E-state index contributed by atoms with van der Waals surface area (Å²) in [5.41, 5.74) is 10.7. The van der Waals surface area contributed by atoms with Gasteiger partial charge in [0.1, 0.15) is 6.04 Å². The summed E-state index contributed by atoms with van der Waals surface area (Å²) in [4.78, 5) is 14.7. The van der Waals surface area contributed by atoms with Crippen LogP contribution >= 0.6 is 0 Å². The van der Waals surface area contributed by atoms with E-state index in [0.29, 0.717) is 5.69 Å². The minimum atomic E-state index is -0.208. The molecule has 2 aromatic carbocycles. The van der Waals surface area contributed by atoms with E-state index in [9.17, 15) is 4.79 Å². The molecule has 0 fully saturated rings. The molecule has 22 heavy (non-hydrogen) atoms. The molecule has 2 aromatic rings. The monoisotopic (exact) mass is 295 g/mol. The molecular formula is C18H21N3O. The van der Waals surface area contributed by atoms with Gasteiger partial charge in [-0.3, -0.25) is 4.79 Å². The zero-order valence-electron chi connectivity index (χ0n) is 13.0. The second kappa shape index (κ2) is 5.72. The van der Waals surface area contributed by atoms with Gasteiger partial charge in [-0.05, 0) is 55.7 Å². The second-order valence-electron chi connectivity index (χ2n) is 5.81. The molecule has 0 radical (unpaired) electrons. The van der Waals surface area contributed by atoms with Gasteiger partial charge in [0.2, 0.25) is 5.91 Å². The van der Waals surface area contributed by atoms with E-state index in [1.54, 1.807) is 6.07 Å². The van der Waals surface area contributed by atoms with Crippen molar-refractivity contribution in [3.8, 4) is 0 Å². The van der Waals surface area contributed by atoms with Crippen molar-refractivity contribution in [3.63, 3.8) is 0 Å². The maximum atomic E-state index is 12.6. The summed E-state index contributed by atoms with van der Waals surface area (Å²) in [6.45, 7) is 4.78. The summed E-state index contributed by atoms with van der Waals surface area (Å²) < 4.78 is 0. The van der Waals surface area contributed by atoms with Gasteiger partial charge in [0.05, 0.1) is 0 Å². The van der Waals surface area contributed by atoms with Crippen LogP contribution < -0.4 is 16.0 Å². The second-order valence-corrected chi connectivity index (χ2v) is 5.81. The summed E-state index contributed by atoms with van der Waals surface area (Å²) in [7, 11) is 0. The van der Waals surface area contributed by atoms with Gasteiger partial charge >= 0.3 is 0 Å². The summed E-state index contributed by atoms with van der Waals surface area (Å²) in [6, 6.07) is 13.6. The Morgan fingerprint density at radius 3 is 2.82 bits per heavy atom. The van der Waals surface area contributed by atoms with Crippen molar-refractivity contribution in [3.05, 3.63) is 53.6 Å². The number of para-hydroxylation sites is 1. The maximum absolute atomic E-state index is 12.6. The largest absolute Gasteiger partial charge is 0.399 e. The first-order valence-corrected chi connectivity index (χ1v) is 7.58. The van der Waals surface area contributed by atoms with Crippen LogP contribution in [0.5, 0.6) is 0 Å². The van der Waals surface area contributed by atoms with Crippen molar-refractivity contribution in [1.29, 1.82) is 0 Å². The SMILES string of the molecule is Cc1cc(N)ccc1NC(=O)C(C)N1CCc2ccccc21. The molecule has 1 atom stereocenters. The molecule has 4 heteroatoms. The molecular weight excluding hydrogens is 274 g/mol. The predicted molar refractivity (Wildman–Crippen MR) is 91.2 cm³/mol. The first-order chi connectivity index (χ1) is 10.6. The number of nitrogens with two attached hydrogens (primary N) is 1. The third-order valence-electron chi connectivity index (χ3n) is 4.28. The third-order valence-corrected chi connectivity index (χ3v) is 4.28. The van der Waals surface area contributed by atoms with Gasteiger partial charge in [0.15, 0.2) is 0 Å². The van der Waals surface area contributed by atoms with E-state index in [4.69, 9.17) is 5.73 Å². The first kappa shape index (κ1) is 14.4. The Kier molecular flexibility index (Phi) is 3.75. The average molecular weight is 295 g/mol. The quantitative estimate of drug-likeness (QED) is 0.856. The highest BCUT2D eigenvalue weighted by Gasteiger charge is 2.27. The first-order valence-electron chi connectivity index (χ1n) is 7.58. The van der Waals surface area contributed by atoms with Gasteiger partial charge in [0.25, 0.3) is 0 Å². The lowest BCUT2D eigenvalue weighted by Crippen LogP contribution is -2.41. The van der Waals surface area contributed by atoms with Crippen LogP contribution in [0.1, 0.15) is 18.1 Å². The highest BCUT2D eigenvalue weighted by Crippen LogP contribution is 2.29. The number of fused-ring (bicyclic) bond motifs is 1. The number of aryl methyl sites for hydroxylation is 1. The molecule has 114 valence electrons. The highest BCUT2D eigenvalue weighted by atomic mass is 16.2. The van der Waals surface area contributed by atoms with Crippen LogP contribution in [0.4, 0.5) is 17.1 Å². The van der Waals surface area contributed by atoms with Crippen molar-refractivity contribution in [2.75, 3.05) is 22.5 Å². The molecule has 1 heterocycles. The molecule has 0 saturated carbocycles. The maximum Gasteiger partial charge on any atom is 0.246 e. The van der Waals surface area contributed by atoms with Crippen LogP contribution in [0.3, 0.4) is 0 Å². The van der Waals surface area contributed by atoms with Gasteiger partial charge in [-0.25, -0.2) is 0 Å². The third kappa shape index (κ3) is 2.64. The molecule has 0 saturated heterocycles. The van der Waals surface area contributed by atoms with Gasteiger partial charge in [-0.2, -0.15) is 0 Å². The van der Waals surface area contributed by atoms with Crippen LogP contribution in [-0.4, -0.2) is 18.5 Å². The lowest BCUT2D eigenvalue weighted by atomic mass is 10.1. The molecule has 0 aromatic heterocycles. The number of nitrogens with zero attached hydrogens (tertiary/aromatic N) is 1. The van der Waals surface area contributed by atoms with E-state index < -0.39 is 0 Å². The Labute approximate surface area is 130 Å². The number of carbonyl (C=O) groups is 1. The average Bonchev–Trinajstić information content (AvgIpc) is 2.93. The summed E-state index contributed by atoms with van der Waals surface area (Å²) in [5, 5.41) is 3.01. The fourth-order valence-corrected chi connectivity index (χ4v) is 2.97. The minimum absolute atomic E-state index is 0.00424. The van der Waals surface area contributed by atoms with Crippen LogP contribution in [0.15, 0.2) is 42.5 Å². The van der Waals surface area contributed by atoms with E-state index in [2.05, 4.69) is 22.3 Å². The van der Waals surface area contributed by atoms with Gasteiger partial charge in [-0.15, -0.1) is 0 Å². The van der Waals surface area contributed by atoms with Gasteiger partial charge in [-0.1, -0.05) is 18.2 Å². The number of hydrogen-bond donors (Lipinski definition) is 2. The summed E-state index contributed by atoms with van der Waals surface area (Å²) >= 11 is 0. The number of carbonyl (C=O) groups excluding carboxylic acids is 1. The van der Waals surface area contributed by atoms with Crippen LogP contribution in [0, 0.1) is 6.92 Å². The van der Waals surface area contributed by atoms with E-state index in [0.717, 1.165) is 24.2 Å². The van der Waals surface area contributed by atoms with Crippen molar-refractivity contribution in [2.45, 2.75) is 26.3 Å². The Balaban J connectivity index is 1.76. The predicted octanol–water partition coefficient (Wildman–Crippen LogP) is 2.97. The molecule has 1 unspecified atom stereocenters. The number of anilines is 3. The Hall–Kier alpha value is -2.49. The number of amides is 1. The lowest BCUT2D eigenvalue weighted by molar-refractivity contribution is -0.117. The van der Waals surface area contributed by atoms with Crippen LogP contribution in [0.25, 0.3) is 0 Å². The lowest BCUT2D eigenvalue weighted by Gasteiger charge is -2.26. The standard InChI is InChI=1S/C18H21N3O/c1-12-11-15(19)7-8-16(12)20-18(22)13(2)21-10-9-14-5-3-4-6-17(14)21/h3-8,11,13H,9-10,19H2,1-2H3,(H,20,22). The van der Waals surface area contributed by atoms with E-state index in [1.165, 1.54) is 11.3 Å². The van der Waals surface area contributed by atoms with Crippen molar-refractivity contribution in [1.82, 2.24) is 0 Å². The normalized spacial score (nSPS) is 14.5. The Bertz CT molecular complexity index is 711. The van der Waals surface area contributed by atoms with Gasteiger partial charge < -0.3 is 16.0 Å². The zero-order chi connectivity index (χ0) is 15.7. The van der Waals surface area contributed by atoms with Crippen molar-refractivity contribution in [2.24, 2.45) is 0 Å². The molecule has 3 rings (SSSR count).